The van der Waals surface area contributed by atoms with Crippen LogP contribution in [0.15, 0.2) is 16.6 Å². The number of nitrogens with one attached hydrogen (secondary N) is 1. The zero-order chi connectivity index (χ0) is 23.6. The van der Waals surface area contributed by atoms with Crippen LogP contribution in [0, 0.1) is 34.5 Å². The number of carbonyl (C=O) groups is 1. The molecule has 0 radical (unpaired) electrons. The topological polar surface area (TPSA) is 70.9 Å². The van der Waals surface area contributed by atoms with Gasteiger partial charge in [0.25, 0.3) is 0 Å². The third-order valence-electron chi connectivity index (χ3n) is 11.4. The first-order valence-corrected chi connectivity index (χ1v) is 14.9. The van der Waals surface area contributed by atoms with Gasteiger partial charge in [-0.1, -0.05) is 13.8 Å². The number of carbonyl (C=O) groups excluding carboxylic acids is 1. The molecule has 188 valence electrons. The highest BCUT2D eigenvalue weighted by Crippen LogP contribution is 2.70. The lowest BCUT2D eigenvalue weighted by molar-refractivity contribution is -0.203. The molecule has 4 fully saturated rings. The molecule has 6 aliphatic rings. The zero-order valence-electron chi connectivity index (χ0n) is 21.0. The van der Waals surface area contributed by atoms with Crippen molar-refractivity contribution in [2.24, 2.45) is 39.5 Å². The molecular weight excluding hydrogens is 444 g/mol. The van der Waals surface area contributed by atoms with E-state index < -0.39 is 5.60 Å². The van der Waals surface area contributed by atoms with Crippen molar-refractivity contribution >= 4 is 23.6 Å². The molecule has 0 amide bonds. The maximum atomic E-state index is 12.4. The average molecular weight is 487 g/mol. The van der Waals surface area contributed by atoms with E-state index in [1.165, 1.54) is 50.1 Å². The van der Waals surface area contributed by atoms with E-state index in [1.807, 2.05) is 0 Å². The Morgan fingerprint density at radius 3 is 2.79 bits per heavy atom. The first-order valence-electron chi connectivity index (χ1n) is 13.8. The number of hydrogen-bond donors (Lipinski definition) is 2. The number of esters is 1. The molecule has 8 atom stereocenters. The van der Waals surface area contributed by atoms with Gasteiger partial charge in [0, 0.05) is 35.5 Å². The van der Waals surface area contributed by atoms with Crippen LogP contribution in [-0.4, -0.2) is 53.2 Å². The van der Waals surface area contributed by atoms with Crippen molar-refractivity contribution in [3.63, 3.8) is 0 Å². The molecule has 0 spiro atoms. The Kier molecular flexibility index (Phi) is 5.87. The van der Waals surface area contributed by atoms with Gasteiger partial charge in [0.1, 0.15) is 6.61 Å². The predicted molar refractivity (Wildman–Crippen MR) is 137 cm³/mol. The highest BCUT2D eigenvalue weighted by atomic mass is 32.2. The van der Waals surface area contributed by atoms with E-state index >= 15 is 0 Å². The first kappa shape index (κ1) is 23.4. The summed E-state index contributed by atoms with van der Waals surface area (Å²) in [6.07, 6.45) is 13.5. The standard InChI is InChI=1S/C28H42N2O3S/c1-26-9-5-20(34-14-8-24-29-12-13-30-24)16-19(26)3-4-23-22(26)6-10-27(2)21(7-11-28(23,27)32)18-15-25(31)33-17-18/h15,19-23,32H,3-14,16-17H2,1-2H3,(H,29,30)/t19-,20+,21-,22+,23-,26+,27-,28+/m1/s1. The van der Waals surface area contributed by atoms with Crippen LogP contribution in [-0.2, 0) is 9.53 Å². The van der Waals surface area contributed by atoms with Gasteiger partial charge in [-0.2, -0.15) is 11.8 Å². The van der Waals surface area contributed by atoms with Gasteiger partial charge < -0.3 is 15.2 Å². The summed E-state index contributed by atoms with van der Waals surface area (Å²) in [5.74, 6) is 4.35. The number of ether oxygens (including phenoxy) is 1. The Bertz CT molecular complexity index is 904. The Balaban J connectivity index is 1.14. The number of rotatable bonds is 5. The Labute approximate surface area is 209 Å². The normalized spacial score (nSPS) is 47.7. The van der Waals surface area contributed by atoms with Crippen molar-refractivity contribution < 1.29 is 14.6 Å². The van der Waals surface area contributed by atoms with Crippen LogP contribution in [0.4, 0.5) is 0 Å². The van der Waals surface area contributed by atoms with Gasteiger partial charge >= 0.3 is 5.97 Å². The summed E-state index contributed by atoms with van der Waals surface area (Å²) in [5.41, 5.74) is 0.791. The smallest absolute Gasteiger partial charge is 0.331 e. The van der Waals surface area contributed by atoms with Crippen molar-refractivity contribution in [1.82, 2.24) is 5.32 Å². The maximum Gasteiger partial charge on any atom is 0.331 e. The minimum Gasteiger partial charge on any atom is -0.458 e. The largest absolute Gasteiger partial charge is 0.458 e. The van der Waals surface area contributed by atoms with Gasteiger partial charge in [-0.15, -0.1) is 0 Å². The summed E-state index contributed by atoms with van der Waals surface area (Å²) in [6, 6.07) is 0. The molecular formula is C28H42N2O3S. The summed E-state index contributed by atoms with van der Waals surface area (Å²) < 4.78 is 5.27. The summed E-state index contributed by atoms with van der Waals surface area (Å²) in [5, 5.41) is 16.6. The minimum absolute atomic E-state index is 0.124. The van der Waals surface area contributed by atoms with Crippen molar-refractivity contribution in [3.8, 4) is 0 Å². The second-order valence-electron chi connectivity index (χ2n) is 12.6. The molecule has 5 nitrogen and oxygen atoms in total. The number of hydrogen-bond acceptors (Lipinski definition) is 6. The molecule has 34 heavy (non-hydrogen) atoms. The molecule has 6 rings (SSSR count). The molecule has 4 aliphatic carbocycles. The van der Waals surface area contributed by atoms with Gasteiger partial charge in [0.15, 0.2) is 0 Å². The molecule has 0 aromatic heterocycles. The molecule has 2 N–H and O–H groups in total. The monoisotopic (exact) mass is 486 g/mol. The molecule has 0 aromatic carbocycles. The first-order chi connectivity index (χ1) is 16.3. The molecule has 0 bridgehead atoms. The number of thioether (sulfide) groups is 1. The summed E-state index contributed by atoms with van der Waals surface area (Å²) in [6.45, 7) is 7.31. The Hall–Kier alpha value is -1.01. The van der Waals surface area contributed by atoms with E-state index in [1.54, 1.807) is 6.08 Å². The van der Waals surface area contributed by atoms with E-state index in [0.29, 0.717) is 29.8 Å². The third kappa shape index (κ3) is 3.52. The summed E-state index contributed by atoms with van der Waals surface area (Å²) >= 11 is 2.18. The molecule has 0 unspecified atom stereocenters. The van der Waals surface area contributed by atoms with Crippen molar-refractivity contribution in [1.29, 1.82) is 0 Å². The highest BCUT2D eigenvalue weighted by Gasteiger charge is 2.67. The van der Waals surface area contributed by atoms with E-state index in [4.69, 9.17) is 4.74 Å². The SMILES string of the molecule is C[C@]12CC[C@H](SCCC3=NCCN3)C[C@H]1CC[C@@H]1[C@@H]2CC[C@]2(C)[C@@H](C3=CC(=O)OC3)CC[C@]12O. The van der Waals surface area contributed by atoms with Crippen LogP contribution in [0.5, 0.6) is 0 Å². The lowest BCUT2D eigenvalue weighted by Gasteiger charge is -2.64. The van der Waals surface area contributed by atoms with E-state index in [2.05, 4.69) is 35.9 Å². The zero-order valence-corrected chi connectivity index (χ0v) is 21.8. The lowest BCUT2D eigenvalue weighted by Crippen LogP contribution is -2.62. The van der Waals surface area contributed by atoms with Crippen LogP contribution in [0.2, 0.25) is 0 Å². The maximum absolute atomic E-state index is 12.4. The number of fused-ring (bicyclic) bond motifs is 5. The predicted octanol–water partition coefficient (Wildman–Crippen LogP) is 4.74. The number of cyclic esters (lactones) is 1. The van der Waals surface area contributed by atoms with E-state index in [0.717, 1.165) is 55.5 Å². The second-order valence-corrected chi connectivity index (χ2v) is 14.0. The van der Waals surface area contributed by atoms with Gasteiger partial charge in [0.2, 0.25) is 0 Å². The van der Waals surface area contributed by atoms with Crippen molar-refractivity contribution in [2.45, 2.75) is 88.9 Å². The third-order valence-corrected chi connectivity index (χ3v) is 12.7. The Morgan fingerprint density at radius 2 is 2.03 bits per heavy atom. The van der Waals surface area contributed by atoms with Gasteiger partial charge in [0.05, 0.1) is 18.0 Å². The number of aliphatic hydroxyl groups is 1. The molecule has 0 saturated heterocycles. The van der Waals surface area contributed by atoms with Gasteiger partial charge in [-0.3, -0.25) is 4.99 Å². The average Bonchev–Trinajstić information content (AvgIpc) is 3.54. The molecule has 0 aromatic rings. The molecule has 2 aliphatic heterocycles. The Morgan fingerprint density at radius 1 is 1.15 bits per heavy atom. The fraction of sp³-hybridized carbons (Fsp3) is 0.857. The fourth-order valence-electron chi connectivity index (χ4n) is 9.46. The van der Waals surface area contributed by atoms with Crippen LogP contribution in [0.25, 0.3) is 0 Å². The van der Waals surface area contributed by atoms with Crippen LogP contribution < -0.4 is 5.32 Å². The molecule has 2 heterocycles. The summed E-state index contributed by atoms with van der Waals surface area (Å²) in [7, 11) is 0. The van der Waals surface area contributed by atoms with Gasteiger partial charge in [-0.05, 0) is 92.4 Å². The fourth-order valence-corrected chi connectivity index (χ4v) is 10.8. The van der Waals surface area contributed by atoms with Gasteiger partial charge in [-0.25, -0.2) is 4.79 Å². The van der Waals surface area contributed by atoms with Crippen LogP contribution in [0.1, 0.15) is 78.1 Å². The van der Waals surface area contributed by atoms with Crippen molar-refractivity contribution in [2.75, 3.05) is 25.4 Å². The number of aliphatic imine (C=N–C) groups is 1. The number of amidine groups is 1. The second kappa shape index (κ2) is 8.54. The molecule has 6 heteroatoms. The summed E-state index contributed by atoms with van der Waals surface area (Å²) in [4.78, 5) is 16.3. The van der Waals surface area contributed by atoms with Crippen LogP contribution >= 0.6 is 11.8 Å². The highest BCUT2D eigenvalue weighted by molar-refractivity contribution is 7.99. The quantitative estimate of drug-likeness (QED) is 0.550. The minimum atomic E-state index is -0.596. The number of nitrogens with zero attached hydrogens (tertiary/aromatic N) is 1. The van der Waals surface area contributed by atoms with E-state index in [-0.39, 0.29) is 11.4 Å². The van der Waals surface area contributed by atoms with Crippen LogP contribution in [0.3, 0.4) is 0 Å². The lowest BCUT2D eigenvalue weighted by atomic mass is 9.43. The molecule has 4 saturated carbocycles. The van der Waals surface area contributed by atoms with Crippen molar-refractivity contribution in [3.05, 3.63) is 11.6 Å². The van der Waals surface area contributed by atoms with E-state index in [9.17, 15) is 9.90 Å².